The van der Waals surface area contributed by atoms with E-state index in [0.717, 1.165) is 30.7 Å². The lowest BCUT2D eigenvalue weighted by Gasteiger charge is -2.25. The van der Waals surface area contributed by atoms with Gasteiger partial charge in [-0.15, -0.1) is 23.7 Å². The highest BCUT2D eigenvalue weighted by molar-refractivity contribution is 7.09. The number of carbonyl (C=O) groups is 3. The van der Waals surface area contributed by atoms with Crippen molar-refractivity contribution in [2.24, 2.45) is 0 Å². The SMILES string of the molecule is CN(CC(=O)O)C1CCCN(CC(=O)NC(=O)NCc2cccs2)CC1.Cl. The number of likely N-dealkylation sites (N-methyl/N-ethyl adjacent to an activating group) is 1. The number of nitrogens with zero attached hydrogens (tertiary/aromatic N) is 2. The third-order valence-corrected chi connectivity index (χ3v) is 5.30. The van der Waals surface area contributed by atoms with E-state index in [-0.39, 0.29) is 37.4 Å². The minimum Gasteiger partial charge on any atom is -0.480 e. The summed E-state index contributed by atoms with van der Waals surface area (Å²) in [5.41, 5.74) is 0. The van der Waals surface area contributed by atoms with Crippen LogP contribution in [-0.2, 0) is 16.1 Å². The molecule has 0 bridgehead atoms. The van der Waals surface area contributed by atoms with Gasteiger partial charge in [0.25, 0.3) is 0 Å². The number of rotatable bonds is 7. The Bertz CT molecular complexity index is 614. The summed E-state index contributed by atoms with van der Waals surface area (Å²) >= 11 is 1.54. The van der Waals surface area contributed by atoms with Crippen molar-refractivity contribution in [3.8, 4) is 0 Å². The second-order valence-electron chi connectivity index (χ2n) is 6.48. The number of thiophene rings is 1. The molecular formula is C17H27ClN4O4S. The largest absolute Gasteiger partial charge is 0.480 e. The van der Waals surface area contributed by atoms with Crippen LogP contribution in [0.15, 0.2) is 17.5 Å². The molecule has 10 heteroatoms. The van der Waals surface area contributed by atoms with Crippen molar-refractivity contribution in [2.45, 2.75) is 31.8 Å². The van der Waals surface area contributed by atoms with Gasteiger partial charge in [-0.1, -0.05) is 6.07 Å². The topological polar surface area (TPSA) is 102 Å². The van der Waals surface area contributed by atoms with E-state index in [1.165, 1.54) is 0 Å². The van der Waals surface area contributed by atoms with Crippen molar-refractivity contribution < 1.29 is 19.5 Å². The van der Waals surface area contributed by atoms with Crippen molar-refractivity contribution >= 4 is 41.7 Å². The first kappa shape index (κ1) is 23.4. The van der Waals surface area contributed by atoms with Gasteiger partial charge in [-0.3, -0.25) is 24.7 Å². The number of nitrogens with one attached hydrogen (secondary N) is 2. The lowest BCUT2D eigenvalue weighted by atomic mass is 10.1. The lowest BCUT2D eigenvalue weighted by molar-refractivity contribution is -0.138. The zero-order valence-corrected chi connectivity index (χ0v) is 17.0. The van der Waals surface area contributed by atoms with Gasteiger partial charge in [0.1, 0.15) is 0 Å². The van der Waals surface area contributed by atoms with Crippen LogP contribution in [0.3, 0.4) is 0 Å². The van der Waals surface area contributed by atoms with Crippen molar-refractivity contribution in [3.63, 3.8) is 0 Å². The van der Waals surface area contributed by atoms with Gasteiger partial charge >= 0.3 is 12.0 Å². The van der Waals surface area contributed by atoms with E-state index in [9.17, 15) is 14.4 Å². The third-order valence-electron chi connectivity index (χ3n) is 4.42. The second-order valence-corrected chi connectivity index (χ2v) is 7.51. The van der Waals surface area contributed by atoms with E-state index in [1.54, 1.807) is 11.3 Å². The fourth-order valence-corrected chi connectivity index (χ4v) is 3.72. The van der Waals surface area contributed by atoms with Gasteiger partial charge in [0.2, 0.25) is 5.91 Å². The van der Waals surface area contributed by atoms with Crippen LogP contribution in [0, 0.1) is 0 Å². The number of carboxylic acid groups (broad SMARTS) is 1. The van der Waals surface area contributed by atoms with E-state index in [1.807, 2.05) is 34.4 Å². The maximum atomic E-state index is 12.1. The predicted molar refractivity (Wildman–Crippen MR) is 106 cm³/mol. The van der Waals surface area contributed by atoms with E-state index in [4.69, 9.17) is 5.11 Å². The smallest absolute Gasteiger partial charge is 0.321 e. The summed E-state index contributed by atoms with van der Waals surface area (Å²) in [5, 5.41) is 15.9. The summed E-state index contributed by atoms with van der Waals surface area (Å²) in [4.78, 5) is 39.6. The summed E-state index contributed by atoms with van der Waals surface area (Å²) in [6.45, 7) is 2.07. The summed E-state index contributed by atoms with van der Waals surface area (Å²) in [6, 6.07) is 3.54. The lowest BCUT2D eigenvalue weighted by Crippen LogP contribution is -2.44. The Morgan fingerprint density at radius 3 is 2.78 bits per heavy atom. The highest BCUT2D eigenvalue weighted by atomic mass is 35.5. The number of carboxylic acids is 1. The van der Waals surface area contributed by atoms with Crippen LogP contribution in [0.1, 0.15) is 24.1 Å². The van der Waals surface area contributed by atoms with Crippen LogP contribution < -0.4 is 10.6 Å². The van der Waals surface area contributed by atoms with Gasteiger partial charge in [-0.05, 0) is 44.3 Å². The highest BCUT2D eigenvalue weighted by Gasteiger charge is 2.23. The second kappa shape index (κ2) is 11.9. The molecule has 1 fully saturated rings. The minimum atomic E-state index is -0.832. The Labute approximate surface area is 169 Å². The molecule has 3 amide bonds. The fraction of sp³-hybridized carbons (Fsp3) is 0.588. The summed E-state index contributed by atoms with van der Waals surface area (Å²) in [6.07, 6.45) is 2.61. The zero-order chi connectivity index (χ0) is 18.9. The van der Waals surface area contributed by atoms with Crippen LogP contribution >= 0.6 is 23.7 Å². The Kier molecular flexibility index (Phi) is 10.3. The van der Waals surface area contributed by atoms with Crippen LogP contribution in [0.5, 0.6) is 0 Å². The van der Waals surface area contributed by atoms with Gasteiger partial charge in [0.15, 0.2) is 0 Å². The summed E-state index contributed by atoms with van der Waals surface area (Å²) < 4.78 is 0. The Hall–Kier alpha value is -1.68. The predicted octanol–water partition coefficient (Wildman–Crippen LogP) is 1.37. The van der Waals surface area contributed by atoms with Gasteiger partial charge in [-0.2, -0.15) is 0 Å². The Balaban J connectivity index is 0.00000364. The van der Waals surface area contributed by atoms with Gasteiger partial charge in [0, 0.05) is 17.5 Å². The summed E-state index contributed by atoms with van der Waals surface area (Å²) in [7, 11) is 1.82. The van der Waals surface area contributed by atoms with Gasteiger partial charge < -0.3 is 10.4 Å². The molecular weight excluding hydrogens is 392 g/mol. The van der Waals surface area contributed by atoms with Crippen LogP contribution in [0.4, 0.5) is 4.79 Å². The molecule has 8 nitrogen and oxygen atoms in total. The van der Waals surface area contributed by atoms with Crippen molar-refractivity contribution in [2.75, 3.05) is 33.2 Å². The summed E-state index contributed by atoms with van der Waals surface area (Å²) in [5.74, 6) is -1.16. The molecule has 1 atom stereocenters. The number of hydrogen-bond donors (Lipinski definition) is 3. The highest BCUT2D eigenvalue weighted by Crippen LogP contribution is 2.15. The molecule has 1 aromatic rings. The van der Waals surface area contributed by atoms with Crippen molar-refractivity contribution in [3.05, 3.63) is 22.4 Å². The van der Waals surface area contributed by atoms with Gasteiger partial charge in [-0.25, -0.2) is 4.79 Å². The number of aliphatic carboxylic acids is 1. The van der Waals surface area contributed by atoms with E-state index < -0.39 is 12.0 Å². The number of carbonyl (C=O) groups excluding carboxylic acids is 2. The first-order valence-electron chi connectivity index (χ1n) is 8.68. The number of likely N-dealkylation sites (tertiary alicyclic amines) is 1. The number of imide groups is 1. The number of urea groups is 1. The molecule has 0 spiro atoms. The average Bonchev–Trinajstić information content (AvgIpc) is 2.98. The first-order valence-corrected chi connectivity index (χ1v) is 9.56. The molecule has 0 radical (unpaired) electrons. The van der Waals surface area contributed by atoms with Crippen molar-refractivity contribution in [1.82, 2.24) is 20.4 Å². The molecule has 2 heterocycles. The maximum Gasteiger partial charge on any atom is 0.321 e. The Morgan fingerprint density at radius 1 is 1.33 bits per heavy atom. The first-order chi connectivity index (χ1) is 12.4. The molecule has 1 aliphatic rings. The molecule has 2 rings (SSSR count). The molecule has 3 N–H and O–H groups in total. The number of halogens is 1. The zero-order valence-electron chi connectivity index (χ0n) is 15.3. The number of hydrogen-bond acceptors (Lipinski definition) is 6. The third kappa shape index (κ3) is 8.70. The normalized spacial score (nSPS) is 17.6. The average molecular weight is 419 g/mol. The van der Waals surface area contributed by atoms with Crippen LogP contribution in [0.2, 0.25) is 0 Å². The minimum absolute atomic E-state index is 0. The quantitative estimate of drug-likeness (QED) is 0.618. The van der Waals surface area contributed by atoms with Gasteiger partial charge in [0.05, 0.1) is 19.6 Å². The molecule has 0 aliphatic carbocycles. The van der Waals surface area contributed by atoms with Crippen LogP contribution in [-0.4, -0.2) is 72.1 Å². The molecule has 1 aliphatic heterocycles. The Morgan fingerprint density at radius 2 is 2.11 bits per heavy atom. The molecule has 27 heavy (non-hydrogen) atoms. The van der Waals surface area contributed by atoms with E-state index >= 15 is 0 Å². The maximum absolute atomic E-state index is 12.1. The molecule has 1 unspecified atom stereocenters. The molecule has 0 aromatic carbocycles. The number of amides is 3. The van der Waals surface area contributed by atoms with E-state index in [2.05, 4.69) is 10.6 Å². The monoisotopic (exact) mass is 418 g/mol. The van der Waals surface area contributed by atoms with Crippen molar-refractivity contribution in [1.29, 1.82) is 0 Å². The van der Waals surface area contributed by atoms with Crippen LogP contribution in [0.25, 0.3) is 0 Å². The molecule has 0 saturated carbocycles. The molecule has 152 valence electrons. The standard InChI is InChI=1S/C17H26N4O4S.ClH/c1-20(12-16(23)24)13-4-2-7-21(8-6-13)11-15(22)19-17(25)18-10-14-5-3-9-26-14;/h3,5,9,13H,2,4,6-8,10-12H2,1H3,(H,23,24)(H2,18,19,22,25);1H. The van der Waals surface area contributed by atoms with E-state index in [0.29, 0.717) is 13.1 Å². The molecule has 1 aromatic heterocycles. The molecule has 1 saturated heterocycles. The fourth-order valence-electron chi connectivity index (χ4n) is 3.07.